The molecule has 0 aromatic heterocycles. The number of carbonyl (C=O) groups is 2. The molecule has 0 aromatic carbocycles. The molecule has 0 heterocycles. The molecule has 20 heavy (non-hydrogen) atoms. The van der Waals surface area contributed by atoms with E-state index in [0.29, 0.717) is 6.42 Å². The van der Waals surface area contributed by atoms with Crippen LogP contribution in [0.25, 0.3) is 0 Å². The molecule has 0 fully saturated rings. The predicted octanol–water partition coefficient (Wildman–Crippen LogP) is 3.65. The molecule has 0 N–H and O–H groups in total. The first-order valence-corrected chi connectivity index (χ1v) is 7.40. The summed E-state index contributed by atoms with van der Waals surface area (Å²) in [6.07, 6.45) is 6.16. The lowest BCUT2D eigenvalue weighted by Gasteiger charge is -2.12. The van der Waals surface area contributed by atoms with E-state index in [0.717, 1.165) is 38.5 Å². The maximum atomic E-state index is 11.7. The van der Waals surface area contributed by atoms with Crippen molar-refractivity contribution in [3.8, 4) is 0 Å². The molecule has 0 aliphatic carbocycles. The maximum absolute atomic E-state index is 11.7. The van der Waals surface area contributed by atoms with Crippen molar-refractivity contribution < 1.29 is 29.4 Å². The molecule has 0 saturated carbocycles. The van der Waals surface area contributed by atoms with Crippen LogP contribution in [0.1, 0.15) is 72.1 Å². The molecule has 0 amide bonds. The maximum Gasteiger partial charge on any atom is 0.348 e. The van der Waals surface area contributed by atoms with Gasteiger partial charge in [0, 0.05) is 16.5 Å². The van der Waals surface area contributed by atoms with E-state index >= 15 is 0 Å². The fraction of sp³-hybridized carbons (Fsp3) is 0.857. The molecule has 6 nitrogen and oxygen atoms in total. The summed E-state index contributed by atoms with van der Waals surface area (Å²) in [5.41, 5.74) is 0. The highest BCUT2D eigenvalue weighted by Gasteiger charge is 2.20. The van der Waals surface area contributed by atoms with Crippen LogP contribution in [0.5, 0.6) is 0 Å². The van der Waals surface area contributed by atoms with E-state index < -0.39 is 11.9 Å². The topological polar surface area (TPSA) is 71.1 Å². The number of unbranched alkanes of at least 4 members (excludes halogenated alkanes) is 2. The van der Waals surface area contributed by atoms with Crippen LogP contribution in [-0.4, -0.2) is 11.9 Å². The Hall–Kier alpha value is -1.14. The van der Waals surface area contributed by atoms with Crippen molar-refractivity contribution in [2.75, 3.05) is 0 Å². The van der Waals surface area contributed by atoms with Crippen molar-refractivity contribution in [2.24, 2.45) is 5.92 Å². The summed E-state index contributed by atoms with van der Waals surface area (Å²) in [5.74, 6) is -1.26. The zero-order valence-corrected chi connectivity index (χ0v) is 12.7. The van der Waals surface area contributed by atoms with Crippen molar-refractivity contribution in [1.82, 2.24) is 0 Å². The Bertz CT molecular complexity index is 266. The minimum Gasteiger partial charge on any atom is -0.266 e. The van der Waals surface area contributed by atoms with Crippen LogP contribution < -0.4 is 0 Å². The molecule has 118 valence electrons. The SMILES string of the molecule is CCCCC(=O)OOOOC(=O)C(CCC)CCCC. The highest BCUT2D eigenvalue weighted by molar-refractivity contribution is 5.71. The van der Waals surface area contributed by atoms with Gasteiger partial charge < -0.3 is 0 Å². The van der Waals surface area contributed by atoms with Crippen molar-refractivity contribution in [2.45, 2.75) is 72.1 Å². The van der Waals surface area contributed by atoms with E-state index in [-0.39, 0.29) is 12.3 Å². The first-order valence-electron chi connectivity index (χ1n) is 7.40. The van der Waals surface area contributed by atoms with Crippen LogP contribution in [0.15, 0.2) is 0 Å². The van der Waals surface area contributed by atoms with E-state index in [9.17, 15) is 9.59 Å². The van der Waals surface area contributed by atoms with Crippen molar-refractivity contribution in [1.29, 1.82) is 0 Å². The van der Waals surface area contributed by atoms with Gasteiger partial charge in [-0.2, -0.15) is 0 Å². The lowest BCUT2D eigenvalue weighted by Crippen LogP contribution is -2.19. The average Bonchev–Trinajstić information content (AvgIpc) is 2.45. The van der Waals surface area contributed by atoms with Gasteiger partial charge in [0.1, 0.15) is 0 Å². The lowest BCUT2D eigenvalue weighted by molar-refractivity contribution is -0.600. The Kier molecular flexibility index (Phi) is 12.1. The molecule has 0 aromatic rings. The van der Waals surface area contributed by atoms with Crippen molar-refractivity contribution >= 4 is 11.9 Å². The van der Waals surface area contributed by atoms with Gasteiger partial charge in [-0.25, -0.2) is 9.59 Å². The molecule has 0 rings (SSSR count). The van der Waals surface area contributed by atoms with Crippen LogP contribution in [0.2, 0.25) is 0 Å². The summed E-state index contributed by atoms with van der Waals surface area (Å²) in [4.78, 5) is 31.5. The van der Waals surface area contributed by atoms with E-state index in [1.165, 1.54) is 0 Å². The fourth-order valence-electron chi connectivity index (χ4n) is 1.71. The van der Waals surface area contributed by atoms with Crippen LogP contribution in [0, 0.1) is 5.92 Å². The monoisotopic (exact) mass is 290 g/mol. The number of hydrogen-bond acceptors (Lipinski definition) is 6. The van der Waals surface area contributed by atoms with Gasteiger partial charge in [-0.15, -0.1) is 0 Å². The fourth-order valence-corrected chi connectivity index (χ4v) is 1.71. The molecule has 0 aliphatic heterocycles. The summed E-state index contributed by atoms with van der Waals surface area (Å²) < 4.78 is 0. The second-order valence-corrected chi connectivity index (χ2v) is 4.73. The van der Waals surface area contributed by atoms with Crippen LogP contribution in [0.3, 0.4) is 0 Å². The van der Waals surface area contributed by atoms with Gasteiger partial charge in [-0.3, -0.25) is 9.78 Å². The Labute approximate surface area is 120 Å². The van der Waals surface area contributed by atoms with Gasteiger partial charge in [0.05, 0.1) is 5.92 Å². The largest absolute Gasteiger partial charge is 0.348 e. The zero-order chi connectivity index (χ0) is 15.2. The van der Waals surface area contributed by atoms with E-state index in [2.05, 4.69) is 26.8 Å². The number of rotatable bonds is 12. The Morgan fingerprint density at radius 3 is 2.10 bits per heavy atom. The van der Waals surface area contributed by atoms with E-state index in [1.54, 1.807) is 0 Å². The third kappa shape index (κ3) is 9.75. The first-order chi connectivity index (χ1) is 9.65. The average molecular weight is 290 g/mol. The molecule has 1 unspecified atom stereocenters. The molecular weight excluding hydrogens is 264 g/mol. The summed E-state index contributed by atoms with van der Waals surface area (Å²) in [6, 6.07) is 0. The quantitative estimate of drug-likeness (QED) is 0.310. The molecule has 0 aliphatic rings. The number of hydrogen-bond donors (Lipinski definition) is 0. The van der Waals surface area contributed by atoms with Crippen molar-refractivity contribution in [3.63, 3.8) is 0 Å². The minimum absolute atomic E-state index is 0.209. The third-order valence-corrected chi connectivity index (χ3v) is 2.88. The summed E-state index contributed by atoms with van der Waals surface area (Å²) in [6.45, 7) is 6.01. The molecule has 0 bridgehead atoms. The Balaban J connectivity index is 3.80. The van der Waals surface area contributed by atoms with Crippen LogP contribution in [-0.2, 0) is 29.4 Å². The summed E-state index contributed by atoms with van der Waals surface area (Å²) >= 11 is 0. The van der Waals surface area contributed by atoms with Gasteiger partial charge in [-0.05, 0) is 19.3 Å². The minimum atomic E-state index is -0.556. The Morgan fingerprint density at radius 2 is 1.50 bits per heavy atom. The standard InChI is InChI=1S/C14H26O6/c1-4-7-10-12(9-6-3)14(16)18-20-19-17-13(15)11-8-5-2/h12H,4-11H2,1-3H3. The molecule has 0 spiro atoms. The molecule has 0 radical (unpaired) electrons. The lowest BCUT2D eigenvalue weighted by atomic mass is 9.97. The molecule has 1 atom stereocenters. The van der Waals surface area contributed by atoms with Gasteiger partial charge in [0.15, 0.2) is 0 Å². The van der Waals surface area contributed by atoms with Crippen molar-refractivity contribution in [3.05, 3.63) is 0 Å². The van der Waals surface area contributed by atoms with Crippen LogP contribution in [0.4, 0.5) is 0 Å². The van der Waals surface area contributed by atoms with Gasteiger partial charge in [-0.1, -0.05) is 46.5 Å². The normalized spacial score (nSPS) is 11.9. The molecule has 0 saturated heterocycles. The molecule has 6 heteroatoms. The third-order valence-electron chi connectivity index (χ3n) is 2.88. The van der Waals surface area contributed by atoms with E-state index in [4.69, 9.17) is 0 Å². The highest BCUT2D eigenvalue weighted by atomic mass is 17.7. The molecular formula is C14H26O6. The van der Waals surface area contributed by atoms with Gasteiger partial charge in [0.25, 0.3) is 0 Å². The van der Waals surface area contributed by atoms with Gasteiger partial charge >= 0.3 is 11.9 Å². The highest BCUT2D eigenvalue weighted by Crippen LogP contribution is 2.16. The Morgan fingerprint density at radius 1 is 0.850 bits per heavy atom. The van der Waals surface area contributed by atoms with Crippen LogP contribution >= 0.6 is 0 Å². The first kappa shape index (κ1) is 18.9. The zero-order valence-electron chi connectivity index (χ0n) is 12.7. The van der Waals surface area contributed by atoms with Gasteiger partial charge in [0.2, 0.25) is 0 Å². The van der Waals surface area contributed by atoms with E-state index in [1.807, 2.05) is 13.8 Å². The smallest absolute Gasteiger partial charge is 0.266 e. The summed E-state index contributed by atoms with van der Waals surface area (Å²) in [5, 5.41) is 8.26. The second kappa shape index (κ2) is 12.9. The summed E-state index contributed by atoms with van der Waals surface area (Å²) in [7, 11) is 0. The number of carbonyl (C=O) groups excluding carboxylic acids is 2. The predicted molar refractivity (Wildman–Crippen MR) is 71.8 cm³/mol. The second-order valence-electron chi connectivity index (χ2n) is 4.73.